The maximum atomic E-state index is 11.5. The molecule has 0 saturated carbocycles. The molecule has 2 aliphatic heterocycles. The van der Waals surface area contributed by atoms with E-state index >= 15 is 0 Å². The summed E-state index contributed by atoms with van der Waals surface area (Å²) < 4.78 is 22.5. The summed E-state index contributed by atoms with van der Waals surface area (Å²) in [6.45, 7) is 2.06. The molecule has 0 aromatic heterocycles. The fraction of sp³-hybridized carbons (Fsp3) is 0.583. The summed E-state index contributed by atoms with van der Waals surface area (Å²) in [4.78, 5) is 2.49. The number of aliphatic hydroxyl groups excluding tert-OH is 1. The van der Waals surface area contributed by atoms with Gasteiger partial charge in [-0.1, -0.05) is 0 Å². The molecule has 0 aromatic rings. The van der Waals surface area contributed by atoms with Crippen LogP contribution in [-0.2, 0) is 18.9 Å². The highest BCUT2D eigenvalue weighted by atomic mass is 16.5. The van der Waals surface area contributed by atoms with Gasteiger partial charge in [-0.15, -0.1) is 0 Å². The van der Waals surface area contributed by atoms with Crippen LogP contribution in [0.5, 0.6) is 0 Å². The molecular formula is C24H31NO5. The third kappa shape index (κ3) is 2.77. The van der Waals surface area contributed by atoms with Crippen LogP contribution in [0.4, 0.5) is 0 Å². The summed E-state index contributed by atoms with van der Waals surface area (Å²) >= 11 is 0. The van der Waals surface area contributed by atoms with Crippen molar-refractivity contribution in [3.8, 4) is 0 Å². The van der Waals surface area contributed by atoms with Crippen molar-refractivity contribution >= 4 is 0 Å². The summed E-state index contributed by atoms with van der Waals surface area (Å²) in [6, 6.07) is 0.251. The number of hydrogen-bond acceptors (Lipinski definition) is 6. The molecule has 5 rings (SSSR count). The molecule has 1 N–H and O–H groups in total. The average molecular weight is 414 g/mol. The molecule has 0 radical (unpaired) electrons. The molecule has 0 spiro atoms. The average Bonchev–Trinajstić information content (AvgIpc) is 3.26. The molecule has 2 heterocycles. The Morgan fingerprint density at radius 3 is 2.00 bits per heavy atom. The van der Waals surface area contributed by atoms with Crippen LogP contribution in [0.3, 0.4) is 0 Å². The molecule has 0 bridgehead atoms. The highest BCUT2D eigenvalue weighted by Crippen LogP contribution is 2.54. The fourth-order valence-electron chi connectivity index (χ4n) is 6.37. The van der Waals surface area contributed by atoms with Crippen molar-refractivity contribution in [1.82, 2.24) is 4.90 Å². The zero-order valence-electron chi connectivity index (χ0n) is 18.1. The van der Waals surface area contributed by atoms with E-state index in [2.05, 4.69) is 29.2 Å². The van der Waals surface area contributed by atoms with Gasteiger partial charge in [0.2, 0.25) is 0 Å². The van der Waals surface area contributed by atoms with E-state index in [1.807, 2.05) is 0 Å². The molecule has 5 unspecified atom stereocenters. The van der Waals surface area contributed by atoms with E-state index in [1.54, 1.807) is 28.4 Å². The first-order chi connectivity index (χ1) is 14.6. The lowest BCUT2D eigenvalue weighted by Gasteiger charge is -2.53. The highest BCUT2D eigenvalue weighted by molar-refractivity contribution is 5.54. The molecule has 2 fully saturated rings. The molecule has 3 aliphatic carbocycles. The van der Waals surface area contributed by atoms with Crippen molar-refractivity contribution in [3.05, 3.63) is 58.5 Å². The first kappa shape index (κ1) is 19.8. The van der Waals surface area contributed by atoms with Crippen molar-refractivity contribution in [2.75, 3.05) is 41.5 Å². The maximum absolute atomic E-state index is 11.5. The van der Waals surface area contributed by atoms with Gasteiger partial charge in [-0.3, -0.25) is 4.90 Å². The summed E-state index contributed by atoms with van der Waals surface area (Å²) in [5.74, 6) is 3.63. The Labute approximate surface area is 178 Å². The third-order valence-electron chi connectivity index (χ3n) is 7.67. The number of fused-ring (bicyclic) bond motifs is 6. The summed E-state index contributed by atoms with van der Waals surface area (Å²) in [5.41, 5.74) is 2.41. The van der Waals surface area contributed by atoms with E-state index in [-0.39, 0.29) is 29.9 Å². The third-order valence-corrected chi connectivity index (χ3v) is 7.67. The fourth-order valence-corrected chi connectivity index (χ4v) is 6.37. The van der Waals surface area contributed by atoms with Gasteiger partial charge in [0.15, 0.2) is 23.0 Å². The van der Waals surface area contributed by atoms with Crippen molar-refractivity contribution in [2.45, 2.75) is 25.0 Å². The lowest BCUT2D eigenvalue weighted by Crippen LogP contribution is -2.59. The minimum atomic E-state index is -0.369. The summed E-state index contributed by atoms with van der Waals surface area (Å²) in [5, 5.41) is 11.5. The molecule has 0 aromatic carbocycles. The lowest BCUT2D eigenvalue weighted by molar-refractivity contribution is -0.0679. The monoisotopic (exact) mass is 413 g/mol. The second-order valence-electron chi connectivity index (χ2n) is 8.79. The molecular weight excluding hydrogens is 382 g/mol. The van der Waals surface area contributed by atoms with Crippen LogP contribution in [0.1, 0.15) is 12.8 Å². The number of nitrogens with zero attached hydrogens (tertiary/aromatic N) is 1. The molecule has 5 aliphatic rings. The van der Waals surface area contributed by atoms with Gasteiger partial charge >= 0.3 is 0 Å². The first-order valence-corrected chi connectivity index (χ1v) is 10.8. The topological polar surface area (TPSA) is 60.4 Å². The first-order valence-electron chi connectivity index (χ1n) is 10.8. The maximum Gasteiger partial charge on any atom is 0.160 e. The number of ether oxygens (including phenoxy) is 4. The van der Waals surface area contributed by atoms with Gasteiger partial charge < -0.3 is 24.1 Å². The molecule has 162 valence electrons. The van der Waals surface area contributed by atoms with Crippen LogP contribution in [0.25, 0.3) is 0 Å². The van der Waals surface area contributed by atoms with Gasteiger partial charge in [0, 0.05) is 30.3 Å². The van der Waals surface area contributed by atoms with Gasteiger partial charge in [-0.05, 0) is 60.8 Å². The molecule has 6 heteroatoms. The Bertz CT molecular complexity index is 882. The normalized spacial score (nSPS) is 37.5. The van der Waals surface area contributed by atoms with Gasteiger partial charge in [-0.2, -0.15) is 0 Å². The number of rotatable bonds is 4. The van der Waals surface area contributed by atoms with Gasteiger partial charge in [0.05, 0.1) is 34.5 Å². The van der Waals surface area contributed by atoms with Gasteiger partial charge in [0.25, 0.3) is 0 Å². The van der Waals surface area contributed by atoms with Crippen LogP contribution >= 0.6 is 0 Å². The van der Waals surface area contributed by atoms with Crippen LogP contribution in [0.2, 0.25) is 0 Å². The highest BCUT2D eigenvalue weighted by Gasteiger charge is 2.54. The molecule has 6 nitrogen and oxygen atoms in total. The largest absolute Gasteiger partial charge is 0.493 e. The number of piperidine rings is 1. The van der Waals surface area contributed by atoms with Crippen LogP contribution in [0, 0.1) is 23.7 Å². The quantitative estimate of drug-likeness (QED) is 0.765. The smallest absolute Gasteiger partial charge is 0.160 e. The minimum absolute atomic E-state index is 0.0831. The number of aliphatic hydroxyl groups is 1. The zero-order valence-corrected chi connectivity index (χ0v) is 18.1. The summed E-state index contributed by atoms with van der Waals surface area (Å²) in [7, 11) is 6.70. The van der Waals surface area contributed by atoms with E-state index in [1.165, 1.54) is 11.1 Å². The second kappa shape index (κ2) is 7.50. The van der Waals surface area contributed by atoms with E-state index in [9.17, 15) is 5.11 Å². The Hall–Kier alpha value is -2.18. The van der Waals surface area contributed by atoms with Crippen molar-refractivity contribution in [3.63, 3.8) is 0 Å². The Balaban J connectivity index is 1.69. The van der Waals surface area contributed by atoms with E-state index in [4.69, 9.17) is 18.9 Å². The second-order valence-corrected chi connectivity index (χ2v) is 8.79. The van der Waals surface area contributed by atoms with Crippen molar-refractivity contribution < 1.29 is 24.1 Å². The lowest BCUT2D eigenvalue weighted by atomic mass is 9.57. The Morgan fingerprint density at radius 1 is 0.833 bits per heavy atom. The Morgan fingerprint density at radius 2 is 1.40 bits per heavy atom. The van der Waals surface area contributed by atoms with Crippen LogP contribution < -0.4 is 0 Å². The number of hydrogen-bond donors (Lipinski definition) is 1. The van der Waals surface area contributed by atoms with E-state index in [0.29, 0.717) is 5.92 Å². The predicted molar refractivity (Wildman–Crippen MR) is 112 cm³/mol. The van der Waals surface area contributed by atoms with E-state index in [0.717, 1.165) is 49.0 Å². The van der Waals surface area contributed by atoms with Crippen LogP contribution in [-0.4, -0.2) is 63.7 Å². The predicted octanol–water partition coefficient (Wildman–Crippen LogP) is 2.75. The van der Waals surface area contributed by atoms with Gasteiger partial charge in [-0.25, -0.2) is 0 Å². The van der Waals surface area contributed by atoms with Crippen LogP contribution in [0.15, 0.2) is 58.5 Å². The number of allylic oxidation sites excluding steroid dienone is 6. The molecule has 0 amide bonds. The van der Waals surface area contributed by atoms with Crippen molar-refractivity contribution in [1.29, 1.82) is 0 Å². The standard InChI is InChI=1S/C24H31NO5/c1-27-19-8-13-14-9-20(28-2)22(30-4)11-16(14)23-17(15(13)10-21(19)29-3)12-25-7-5-6-18(25)24(23)26/h8-11,15-18,23-24,26H,5-7,12H2,1-4H3/t15?,16?,17?,18?,23?,24-/m1/s1. The molecule has 6 atom stereocenters. The molecule has 2 saturated heterocycles. The summed E-state index contributed by atoms with van der Waals surface area (Å²) in [6.07, 6.45) is 10.4. The van der Waals surface area contributed by atoms with Crippen molar-refractivity contribution in [2.24, 2.45) is 23.7 Å². The minimum Gasteiger partial charge on any atom is -0.493 e. The number of methoxy groups -OCH3 is 4. The van der Waals surface area contributed by atoms with Gasteiger partial charge in [0.1, 0.15) is 0 Å². The molecule has 30 heavy (non-hydrogen) atoms. The Kier molecular flexibility index (Phi) is 4.94. The van der Waals surface area contributed by atoms with E-state index < -0.39 is 0 Å². The zero-order chi connectivity index (χ0) is 21.0. The SMILES string of the molecule is COC1=CC2=C3C=C(OC)C(OC)=CC3C3C(CN4CCCC4[C@H]3O)C2C=C1OC.